The molecule has 0 atom stereocenters. The third kappa shape index (κ3) is 1.66. The van der Waals surface area contributed by atoms with Gasteiger partial charge in [-0.3, -0.25) is 0 Å². The van der Waals surface area contributed by atoms with Gasteiger partial charge in [0.1, 0.15) is 5.75 Å². The molecule has 1 aromatic rings. The molecule has 16 heavy (non-hydrogen) atoms. The lowest BCUT2D eigenvalue weighted by molar-refractivity contribution is 0.242. The highest BCUT2D eigenvalue weighted by Crippen LogP contribution is 2.46. The minimum Gasteiger partial charge on any atom is -0.496 e. The van der Waals surface area contributed by atoms with Gasteiger partial charge in [-0.25, -0.2) is 0 Å². The molecule has 0 radical (unpaired) electrons. The molecule has 0 spiro atoms. The fourth-order valence-electron chi connectivity index (χ4n) is 2.53. The van der Waals surface area contributed by atoms with E-state index in [4.69, 9.17) is 10.5 Å². The van der Waals surface area contributed by atoms with Crippen molar-refractivity contribution in [2.24, 2.45) is 5.73 Å². The summed E-state index contributed by atoms with van der Waals surface area (Å²) in [6.07, 6.45) is 3.34. The van der Waals surface area contributed by atoms with Gasteiger partial charge in [0, 0.05) is 21.1 Å². The van der Waals surface area contributed by atoms with Crippen LogP contribution in [0.2, 0.25) is 0 Å². The molecule has 0 bridgehead atoms. The summed E-state index contributed by atoms with van der Waals surface area (Å²) in [6.45, 7) is 4.17. The van der Waals surface area contributed by atoms with Gasteiger partial charge in [-0.15, -0.1) is 0 Å². The topological polar surface area (TPSA) is 35.2 Å². The summed E-state index contributed by atoms with van der Waals surface area (Å²) in [5, 5.41) is 0. The van der Waals surface area contributed by atoms with Crippen molar-refractivity contribution in [1.82, 2.24) is 0 Å². The molecular weight excluding hydrogens is 266 g/mol. The molecule has 1 aliphatic carbocycles. The number of methoxy groups -OCH3 is 1. The standard InChI is InChI=1S/C13H18BrNO/c1-8-7-10(14)9(2)12(16-3)11(8)13(15)5-4-6-13/h7H,4-6,15H2,1-3H3. The zero-order valence-corrected chi connectivity index (χ0v) is 11.6. The molecule has 2 rings (SSSR count). The summed E-state index contributed by atoms with van der Waals surface area (Å²) in [4.78, 5) is 0. The number of halogens is 1. The first-order valence-electron chi connectivity index (χ1n) is 5.62. The lowest BCUT2D eigenvalue weighted by Gasteiger charge is -2.40. The smallest absolute Gasteiger partial charge is 0.128 e. The molecule has 0 amide bonds. The fraction of sp³-hybridized carbons (Fsp3) is 0.538. The van der Waals surface area contributed by atoms with E-state index in [0.29, 0.717) is 0 Å². The van der Waals surface area contributed by atoms with E-state index in [1.165, 1.54) is 17.5 Å². The van der Waals surface area contributed by atoms with Crippen LogP contribution in [0.5, 0.6) is 5.75 Å². The Morgan fingerprint density at radius 3 is 2.44 bits per heavy atom. The number of nitrogens with two attached hydrogens (primary N) is 1. The van der Waals surface area contributed by atoms with Crippen LogP contribution in [0.1, 0.15) is 36.0 Å². The van der Waals surface area contributed by atoms with Gasteiger partial charge in [-0.2, -0.15) is 0 Å². The van der Waals surface area contributed by atoms with Crippen LogP contribution in [0.25, 0.3) is 0 Å². The molecule has 3 heteroatoms. The molecule has 88 valence electrons. The number of hydrogen-bond acceptors (Lipinski definition) is 2. The first kappa shape index (κ1) is 11.9. The highest BCUT2D eigenvalue weighted by molar-refractivity contribution is 9.10. The van der Waals surface area contributed by atoms with Crippen LogP contribution in [0.3, 0.4) is 0 Å². The van der Waals surface area contributed by atoms with E-state index in [-0.39, 0.29) is 5.54 Å². The Balaban J connectivity index is 2.63. The van der Waals surface area contributed by atoms with Gasteiger partial charge in [-0.1, -0.05) is 15.9 Å². The average Bonchev–Trinajstić information content (AvgIpc) is 2.19. The molecule has 0 saturated heterocycles. The molecule has 0 aliphatic heterocycles. The summed E-state index contributed by atoms with van der Waals surface area (Å²) in [5.74, 6) is 0.953. The first-order chi connectivity index (χ1) is 7.49. The summed E-state index contributed by atoms with van der Waals surface area (Å²) in [5.41, 5.74) is 9.81. The number of ether oxygens (including phenoxy) is 1. The first-order valence-corrected chi connectivity index (χ1v) is 6.42. The fourth-order valence-corrected chi connectivity index (χ4v) is 3.05. The van der Waals surface area contributed by atoms with E-state index < -0.39 is 0 Å². The van der Waals surface area contributed by atoms with Gasteiger partial charge in [0.15, 0.2) is 0 Å². The quantitative estimate of drug-likeness (QED) is 0.903. The van der Waals surface area contributed by atoms with Crippen LogP contribution in [0.15, 0.2) is 10.5 Å². The molecule has 0 unspecified atom stereocenters. The number of aryl methyl sites for hydroxylation is 1. The van der Waals surface area contributed by atoms with Crippen molar-refractivity contribution in [3.8, 4) is 5.75 Å². The van der Waals surface area contributed by atoms with Gasteiger partial charge in [0.25, 0.3) is 0 Å². The normalized spacial score (nSPS) is 18.1. The minimum absolute atomic E-state index is 0.166. The van der Waals surface area contributed by atoms with Crippen LogP contribution in [-0.4, -0.2) is 7.11 Å². The lowest BCUT2D eigenvalue weighted by atomic mass is 9.70. The van der Waals surface area contributed by atoms with E-state index >= 15 is 0 Å². The second-order valence-electron chi connectivity index (χ2n) is 4.72. The van der Waals surface area contributed by atoms with E-state index in [1.807, 2.05) is 0 Å². The third-order valence-electron chi connectivity index (χ3n) is 3.61. The molecule has 0 aromatic heterocycles. The largest absolute Gasteiger partial charge is 0.496 e. The SMILES string of the molecule is COc1c(C)c(Br)cc(C)c1C1(N)CCC1. The maximum atomic E-state index is 6.43. The van der Waals surface area contributed by atoms with Gasteiger partial charge >= 0.3 is 0 Å². The van der Waals surface area contributed by atoms with Crippen LogP contribution in [-0.2, 0) is 5.54 Å². The minimum atomic E-state index is -0.166. The van der Waals surface area contributed by atoms with Crippen molar-refractivity contribution >= 4 is 15.9 Å². The molecule has 1 fully saturated rings. The van der Waals surface area contributed by atoms with E-state index in [9.17, 15) is 0 Å². The molecule has 1 saturated carbocycles. The van der Waals surface area contributed by atoms with Crippen LogP contribution < -0.4 is 10.5 Å². The van der Waals surface area contributed by atoms with Crippen molar-refractivity contribution in [3.63, 3.8) is 0 Å². The van der Waals surface area contributed by atoms with Crippen LogP contribution in [0.4, 0.5) is 0 Å². The van der Waals surface area contributed by atoms with E-state index in [2.05, 4.69) is 35.8 Å². The zero-order chi connectivity index (χ0) is 11.9. The number of hydrogen-bond donors (Lipinski definition) is 1. The van der Waals surface area contributed by atoms with Crippen LogP contribution >= 0.6 is 15.9 Å². The van der Waals surface area contributed by atoms with Gasteiger partial charge in [0.2, 0.25) is 0 Å². The monoisotopic (exact) mass is 283 g/mol. The predicted molar refractivity (Wildman–Crippen MR) is 69.9 cm³/mol. The van der Waals surface area contributed by atoms with E-state index in [0.717, 1.165) is 28.6 Å². The molecule has 2 N–H and O–H groups in total. The molecule has 1 aromatic carbocycles. The predicted octanol–water partition coefficient (Wildman–Crippen LogP) is 3.41. The van der Waals surface area contributed by atoms with Crippen molar-refractivity contribution in [2.45, 2.75) is 38.6 Å². The summed E-state index contributed by atoms with van der Waals surface area (Å²) in [7, 11) is 1.72. The molecule has 0 heterocycles. The highest BCUT2D eigenvalue weighted by Gasteiger charge is 2.38. The van der Waals surface area contributed by atoms with Crippen molar-refractivity contribution in [2.75, 3.05) is 7.11 Å². The Morgan fingerprint density at radius 2 is 2.00 bits per heavy atom. The average molecular weight is 284 g/mol. The van der Waals surface area contributed by atoms with Crippen LogP contribution in [0, 0.1) is 13.8 Å². The Morgan fingerprint density at radius 1 is 1.38 bits per heavy atom. The Bertz CT molecular complexity index is 424. The van der Waals surface area contributed by atoms with Crippen molar-refractivity contribution in [1.29, 1.82) is 0 Å². The lowest BCUT2D eigenvalue weighted by Crippen LogP contribution is -2.44. The van der Waals surface area contributed by atoms with Crippen molar-refractivity contribution < 1.29 is 4.74 Å². The second kappa shape index (κ2) is 4.04. The Kier molecular flexibility index (Phi) is 3.01. The summed E-state index contributed by atoms with van der Waals surface area (Å²) >= 11 is 3.56. The number of rotatable bonds is 2. The number of benzene rings is 1. The van der Waals surface area contributed by atoms with Crippen molar-refractivity contribution in [3.05, 3.63) is 27.2 Å². The second-order valence-corrected chi connectivity index (χ2v) is 5.57. The summed E-state index contributed by atoms with van der Waals surface area (Å²) in [6, 6.07) is 2.14. The maximum Gasteiger partial charge on any atom is 0.128 e. The Hall–Kier alpha value is -0.540. The third-order valence-corrected chi connectivity index (χ3v) is 4.43. The maximum absolute atomic E-state index is 6.43. The highest BCUT2D eigenvalue weighted by atomic mass is 79.9. The molecule has 1 aliphatic rings. The zero-order valence-electron chi connectivity index (χ0n) is 10.1. The summed E-state index contributed by atoms with van der Waals surface area (Å²) < 4.78 is 6.64. The molecular formula is C13H18BrNO. The van der Waals surface area contributed by atoms with Gasteiger partial charge < -0.3 is 10.5 Å². The van der Waals surface area contributed by atoms with Gasteiger partial charge in [0.05, 0.1) is 7.11 Å². The van der Waals surface area contributed by atoms with E-state index in [1.54, 1.807) is 7.11 Å². The Labute approximate surface area is 105 Å². The molecule has 2 nitrogen and oxygen atoms in total. The van der Waals surface area contributed by atoms with Gasteiger partial charge in [-0.05, 0) is 44.7 Å².